The molecule has 0 spiro atoms. The number of hydrogen-bond donors (Lipinski definition) is 2. The van der Waals surface area contributed by atoms with Crippen LogP contribution < -0.4 is 20.1 Å². The van der Waals surface area contributed by atoms with Gasteiger partial charge < -0.3 is 20.1 Å². The minimum Gasteiger partial charge on any atom is -0.493 e. The number of aromatic nitrogens is 2. The molecule has 0 unspecified atom stereocenters. The number of benzene rings is 2. The zero-order chi connectivity index (χ0) is 18.5. The maximum Gasteiger partial charge on any atom is 0.162 e. The summed E-state index contributed by atoms with van der Waals surface area (Å²) >= 11 is 0. The van der Waals surface area contributed by atoms with E-state index in [1.807, 2.05) is 30.3 Å². The summed E-state index contributed by atoms with van der Waals surface area (Å²) in [6.45, 7) is 4.14. The third-order valence-corrected chi connectivity index (χ3v) is 3.97. The van der Waals surface area contributed by atoms with Gasteiger partial charge in [-0.25, -0.2) is 9.97 Å². The SMILES string of the molecule is COc1ccc(Nc2cc(Nc3ccc(C)cc3C)ncn2)cc1OC. The smallest absolute Gasteiger partial charge is 0.162 e. The average Bonchev–Trinajstić information content (AvgIpc) is 2.64. The van der Waals surface area contributed by atoms with E-state index in [2.05, 4.69) is 46.6 Å². The van der Waals surface area contributed by atoms with E-state index in [-0.39, 0.29) is 0 Å². The van der Waals surface area contributed by atoms with Crippen LogP contribution in [0.3, 0.4) is 0 Å². The zero-order valence-corrected chi connectivity index (χ0v) is 15.3. The molecule has 0 fully saturated rings. The minimum absolute atomic E-state index is 0.653. The standard InChI is InChI=1S/C20H22N4O2/c1-13-5-7-16(14(2)9-13)24-20-11-19(21-12-22-20)23-15-6-8-17(25-3)18(10-15)26-4/h5-12H,1-4H3,(H2,21,22,23,24). The molecule has 0 bridgehead atoms. The Balaban J connectivity index is 1.79. The summed E-state index contributed by atoms with van der Waals surface area (Å²) in [4.78, 5) is 8.57. The van der Waals surface area contributed by atoms with E-state index in [4.69, 9.17) is 9.47 Å². The van der Waals surface area contributed by atoms with E-state index in [0.717, 1.165) is 22.8 Å². The number of nitrogens with one attached hydrogen (secondary N) is 2. The van der Waals surface area contributed by atoms with Crippen LogP contribution in [-0.4, -0.2) is 24.2 Å². The molecule has 134 valence electrons. The Morgan fingerprint density at radius 1 is 0.769 bits per heavy atom. The lowest BCUT2D eigenvalue weighted by Gasteiger charge is -2.12. The second-order valence-electron chi connectivity index (χ2n) is 5.93. The van der Waals surface area contributed by atoms with Crippen molar-refractivity contribution in [2.45, 2.75) is 13.8 Å². The average molecular weight is 350 g/mol. The van der Waals surface area contributed by atoms with Crippen molar-refractivity contribution in [3.8, 4) is 11.5 Å². The van der Waals surface area contributed by atoms with Crippen LogP contribution in [-0.2, 0) is 0 Å². The lowest BCUT2D eigenvalue weighted by atomic mass is 10.1. The van der Waals surface area contributed by atoms with Crippen molar-refractivity contribution < 1.29 is 9.47 Å². The van der Waals surface area contributed by atoms with Gasteiger partial charge in [-0.2, -0.15) is 0 Å². The quantitative estimate of drug-likeness (QED) is 0.677. The second kappa shape index (κ2) is 7.74. The molecule has 2 N–H and O–H groups in total. The van der Waals surface area contributed by atoms with Crippen LogP contribution >= 0.6 is 0 Å². The lowest BCUT2D eigenvalue weighted by Crippen LogP contribution is -2.00. The molecule has 0 saturated carbocycles. The first-order valence-electron chi connectivity index (χ1n) is 8.24. The molecule has 26 heavy (non-hydrogen) atoms. The molecule has 1 aromatic heterocycles. The monoisotopic (exact) mass is 350 g/mol. The molecule has 0 aliphatic carbocycles. The van der Waals surface area contributed by atoms with E-state index in [1.54, 1.807) is 14.2 Å². The van der Waals surface area contributed by atoms with Crippen molar-refractivity contribution in [1.82, 2.24) is 9.97 Å². The Morgan fingerprint density at radius 3 is 2.19 bits per heavy atom. The first-order valence-corrected chi connectivity index (χ1v) is 8.24. The van der Waals surface area contributed by atoms with Crippen LogP contribution in [0.2, 0.25) is 0 Å². The molecule has 0 radical (unpaired) electrons. The van der Waals surface area contributed by atoms with Crippen molar-refractivity contribution in [1.29, 1.82) is 0 Å². The number of aryl methyl sites for hydroxylation is 2. The number of methoxy groups -OCH3 is 2. The highest BCUT2D eigenvalue weighted by Gasteiger charge is 2.06. The van der Waals surface area contributed by atoms with E-state index in [9.17, 15) is 0 Å². The lowest BCUT2D eigenvalue weighted by molar-refractivity contribution is 0.355. The molecule has 3 rings (SSSR count). The number of hydrogen-bond acceptors (Lipinski definition) is 6. The van der Waals surface area contributed by atoms with E-state index >= 15 is 0 Å². The van der Waals surface area contributed by atoms with Gasteiger partial charge in [0.2, 0.25) is 0 Å². The van der Waals surface area contributed by atoms with Crippen molar-refractivity contribution in [2.24, 2.45) is 0 Å². The third-order valence-electron chi connectivity index (χ3n) is 3.97. The van der Waals surface area contributed by atoms with Gasteiger partial charge in [-0.1, -0.05) is 17.7 Å². The largest absolute Gasteiger partial charge is 0.493 e. The summed E-state index contributed by atoms with van der Waals surface area (Å²) in [6.07, 6.45) is 1.52. The highest BCUT2D eigenvalue weighted by atomic mass is 16.5. The molecule has 2 aromatic carbocycles. The molecule has 3 aromatic rings. The first kappa shape index (κ1) is 17.5. The summed E-state index contributed by atoms with van der Waals surface area (Å²) in [5.74, 6) is 2.73. The molecule has 0 aliphatic rings. The van der Waals surface area contributed by atoms with E-state index < -0.39 is 0 Å². The molecule has 6 nitrogen and oxygen atoms in total. The van der Waals surface area contributed by atoms with Crippen LogP contribution in [0.15, 0.2) is 48.8 Å². The minimum atomic E-state index is 0.653. The van der Waals surface area contributed by atoms with Crippen molar-refractivity contribution in [3.05, 3.63) is 59.9 Å². The van der Waals surface area contributed by atoms with Crippen LogP contribution in [0.1, 0.15) is 11.1 Å². The van der Waals surface area contributed by atoms with Gasteiger partial charge in [-0.3, -0.25) is 0 Å². The van der Waals surface area contributed by atoms with Crippen molar-refractivity contribution in [3.63, 3.8) is 0 Å². The Bertz CT molecular complexity index is 912. The fourth-order valence-electron chi connectivity index (χ4n) is 2.65. The Labute approximate surface area is 153 Å². The zero-order valence-electron chi connectivity index (χ0n) is 15.3. The molecular formula is C20H22N4O2. The number of anilines is 4. The number of nitrogens with zero attached hydrogens (tertiary/aromatic N) is 2. The fourth-order valence-corrected chi connectivity index (χ4v) is 2.65. The summed E-state index contributed by atoms with van der Waals surface area (Å²) in [5.41, 5.74) is 4.26. The summed E-state index contributed by atoms with van der Waals surface area (Å²) < 4.78 is 10.6. The highest BCUT2D eigenvalue weighted by molar-refractivity contribution is 5.66. The predicted octanol–water partition coefficient (Wildman–Crippen LogP) is 4.60. The predicted molar refractivity (Wildman–Crippen MR) is 104 cm³/mol. The van der Waals surface area contributed by atoms with Gasteiger partial charge in [0.1, 0.15) is 18.0 Å². The Morgan fingerprint density at radius 2 is 1.50 bits per heavy atom. The molecule has 0 amide bonds. The van der Waals surface area contributed by atoms with Gasteiger partial charge in [0.05, 0.1) is 14.2 Å². The van der Waals surface area contributed by atoms with E-state index in [1.165, 1.54) is 11.9 Å². The third kappa shape index (κ3) is 4.03. The molecule has 0 atom stereocenters. The second-order valence-corrected chi connectivity index (χ2v) is 5.93. The molecular weight excluding hydrogens is 328 g/mol. The van der Waals surface area contributed by atoms with Gasteiger partial charge in [0.15, 0.2) is 11.5 Å². The number of rotatable bonds is 6. The highest BCUT2D eigenvalue weighted by Crippen LogP contribution is 2.31. The molecule has 0 saturated heterocycles. The maximum atomic E-state index is 5.33. The topological polar surface area (TPSA) is 68.3 Å². The fraction of sp³-hybridized carbons (Fsp3) is 0.200. The summed E-state index contributed by atoms with van der Waals surface area (Å²) in [7, 11) is 3.22. The van der Waals surface area contributed by atoms with Crippen LogP contribution in [0.5, 0.6) is 11.5 Å². The summed E-state index contributed by atoms with van der Waals surface area (Å²) in [6, 6.07) is 13.7. The first-order chi connectivity index (χ1) is 12.6. The van der Waals surface area contributed by atoms with Gasteiger partial charge in [0, 0.05) is 23.5 Å². The van der Waals surface area contributed by atoms with Crippen molar-refractivity contribution in [2.75, 3.05) is 24.9 Å². The number of ether oxygens (including phenoxy) is 2. The van der Waals surface area contributed by atoms with Gasteiger partial charge in [-0.15, -0.1) is 0 Å². The van der Waals surface area contributed by atoms with E-state index in [0.29, 0.717) is 17.3 Å². The van der Waals surface area contributed by atoms with Crippen LogP contribution in [0.25, 0.3) is 0 Å². The summed E-state index contributed by atoms with van der Waals surface area (Å²) in [5, 5.41) is 6.58. The molecule has 1 heterocycles. The van der Waals surface area contributed by atoms with Crippen LogP contribution in [0.4, 0.5) is 23.0 Å². The molecule has 6 heteroatoms. The maximum absolute atomic E-state index is 5.33. The van der Waals surface area contributed by atoms with Gasteiger partial charge in [-0.05, 0) is 37.6 Å². The Kier molecular flexibility index (Phi) is 5.22. The normalized spacial score (nSPS) is 10.3. The van der Waals surface area contributed by atoms with Crippen LogP contribution in [0, 0.1) is 13.8 Å². The Hall–Kier alpha value is -3.28. The molecule has 0 aliphatic heterocycles. The van der Waals surface area contributed by atoms with Gasteiger partial charge in [0.25, 0.3) is 0 Å². The van der Waals surface area contributed by atoms with Gasteiger partial charge >= 0.3 is 0 Å². The van der Waals surface area contributed by atoms with Crippen molar-refractivity contribution >= 4 is 23.0 Å².